The third kappa shape index (κ3) is 5.03. The molecule has 8 nitrogen and oxygen atoms in total. The van der Waals surface area contributed by atoms with E-state index >= 15 is 0 Å². The molecule has 0 spiro atoms. The van der Waals surface area contributed by atoms with Crippen molar-refractivity contribution < 1.29 is 24.5 Å². The number of ether oxygens (including phenoxy) is 1. The fourth-order valence-electron chi connectivity index (χ4n) is 1.59. The van der Waals surface area contributed by atoms with Gasteiger partial charge in [-0.2, -0.15) is 0 Å². The summed E-state index contributed by atoms with van der Waals surface area (Å²) >= 11 is 0. The fraction of sp³-hybridized carbons (Fsp3) is 0.385. The van der Waals surface area contributed by atoms with Crippen LogP contribution in [0.2, 0.25) is 0 Å². The Morgan fingerprint density at radius 1 is 1.14 bits per heavy atom. The quantitative estimate of drug-likeness (QED) is 0.320. The standard InChI is InChI=1S/C13H19N3O5/c14-4-3-9(15)12(19)21-13(20)10(16)5-7-1-2-8(17)6-11(7)18/h1-2,6,9-10,17-18H,3-5,14-16H2/t9-,10-/m0/s1. The van der Waals surface area contributed by atoms with Gasteiger partial charge >= 0.3 is 11.9 Å². The lowest BCUT2D eigenvalue weighted by Gasteiger charge is -2.13. The summed E-state index contributed by atoms with van der Waals surface area (Å²) in [6.07, 6.45) is 0.143. The van der Waals surface area contributed by atoms with E-state index in [-0.39, 0.29) is 30.9 Å². The van der Waals surface area contributed by atoms with Crippen LogP contribution in [0.15, 0.2) is 18.2 Å². The second-order valence-corrected chi connectivity index (χ2v) is 4.55. The normalized spacial score (nSPS) is 13.5. The van der Waals surface area contributed by atoms with Crippen molar-refractivity contribution in [2.24, 2.45) is 17.2 Å². The molecule has 1 aromatic carbocycles. The van der Waals surface area contributed by atoms with Gasteiger partial charge in [0.1, 0.15) is 23.6 Å². The van der Waals surface area contributed by atoms with Crippen LogP contribution in [0.3, 0.4) is 0 Å². The molecule has 0 fully saturated rings. The molecule has 0 aromatic heterocycles. The van der Waals surface area contributed by atoms with Gasteiger partial charge in [0.05, 0.1) is 0 Å². The minimum Gasteiger partial charge on any atom is -0.508 e. The van der Waals surface area contributed by atoms with Crippen molar-refractivity contribution in [3.63, 3.8) is 0 Å². The molecule has 0 radical (unpaired) electrons. The summed E-state index contributed by atoms with van der Waals surface area (Å²) in [7, 11) is 0. The van der Waals surface area contributed by atoms with Crippen LogP contribution in [0.25, 0.3) is 0 Å². The SMILES string of the molecule is NCC[C@H](N)C(=O)OC(=O)[C@@H](N)Cc1ccc(O)cc1O. The Morgan fingerprint density at radius 3 is 2.33 bits per heavy atom. The maximum Gasteiger partial charge on any atom is 0.330 e. The molecule has 8 N–H and O–H groups in total. The largest absolute Gasteiger partial charge is 0.508 e. The van der Waals surface area contributed by atoms with Crippen molar-refractivity contribution in [2.75, 3.05) is 6.54 Å². The molecule has 0 saturated heterocycles. The number of nitrogens with two attached hydrogens (primary N) is 3. The highest BCUT2D eigenvalue weighted by molar-refractivity contribution is 5.90. The first-order chi connectivity index (χ1) is 9.85. The summed E-state index contributed by atoms with van der Waals surface area (Å²) in [4.78, 5) is 23.1. The van der Waals surface area contributed by atoms with Gasteiger partial charge in [-0.25, -0.2) is 9.59 Å². The number of rotatable bonds is 6. The Labute approximate surface area is 121 Å². The monoisotopic (exact) mass is 297 g/mol. The van der Waals surface area contributed by atoms with Crippen LogP contribution in [0, 0.1) is 0 Å². The molecule has 0 amide bonds. The summed E-state index contributed by atoms with van der Waals surface area (Å²) in [5.41, 5.74) is 16.7. The number of aromatic hydroxyl groups is 2. The van der Waals surface area contributed by atoms with Crippen molar-refractivity contribution in [3.8, 4) is 11.5 Å². The first-order valence-corrected chi connectivity index (χ1v) is 6.32. The molecule has 116 valence electrons. The summed E-state index contributed by atoms with van der Waals surface area (Å²) in [6, 6.07) is 1.76. The zero-order valence-corrected chi connectivity index (χ0v) is 11.4. The molecule has 1 rings (SSSR count). The molecule has 8 heteroatoms. The fourth-order valence-corrected chi connectivity index (χ4v) is 1.59. The average Bonchev–Trinajstić information content (AvgIpc) is 2.41. The molecule has 0 aliphatic heterocycles. The number of esters is 2. The number of hydrogen-bond donors (Lipinski definition) is 5. The highest BCUT2D eigenvalue weighted by Crippen LogP contribution is 2.23. The first kappa shape index (κ1) is 16.9. The number of hydrogen-bond acceptors (Lipinski definition) is 8. The predicted octanol–water partition coefficient (Wildman–Crippen LogP) is -1.29. The highest BCUT2D eigenvalue weighted by Gasteiger charge is 2.23. The van der Waals surface area contributed by atoms with Crippen molar-refractivity contribution in [3.05, 3.63) is 23.8 Å². The Bertz CT molecular complexity index is 521. The molecular weight excluding hydrogens is 278 g/mol. The van der Waals surface area contributed by atoms with Gasteiger partial charge in [0.2, 0.25) is 0 Å². The Kier molecular flexibility index (Phi) is 6.10. The van der Waals surface area contributed by atoms with E-state index in [1.165, 1.54) is 12.1 Å². The van der Waals surface area contributed by atoms with E-state index in [0.29, 0.717) is 5.56 Å². The maximum atomic E-state index is 11.7. The van der Waals surface area contributed by atoms with Crippen molar-refractivity contribution >= 4 is 11.9 Å². The molecule has 2 atom stereocenters. The van der Waals surface area contributed by atoms with Gasteiger partial charge in [-0.15, -0.1) is 0 Å². The van der Waals surface area contributed by atoms with E-state index in [1.807, 2.05) is 0 Å². The van der Waals surface area contributed by atoms with Crippen molar-refractivity contribution in [2.45, 2.75) is 24.9 Å². The average molecular weight is 297 g/mol. The summed E-state index contributed by atoms with van der Waals surface area (Å²) in [5, 5.41) is 18.8. The molecule has 0 aliphatic rings. The van der Waals surface area contributed by atoms with E-state index in [2.05, 4.69) is 4.74 Å². The van der Waals surface area contributed by atoms with E-state index in [9.17, 15) is 14.7 Å². The van der Waals surface area contributed by atoms with Gasteiger partial charge in [0, 0.05) is 12.5 Å². The zero-order chi connectivity index (χ0) is 16.0. The number of phenols is 2. The first-order valence-electron chi connectivity index (χ1n) is 6.32. The van der Waals surface area contributed by atoms with Gasteiger partial charge in [-0.05, 0) is 24.6 Å². The lowest BCUT2D eigenvalue weighted by molar-refractivity contribution is -0.161. The van der Waals surface area contributed by atoms with Crippen LogP contribution in [0.4, 0.5) is 0 Å². The predicted molar refractivity (Wildman–Crippen MR) is 74.2 cm³/mol. The summed E-state index contributed by atoms with van der Waals surface area (Å²) in [5.74, 6) is -2.16. The van der Waals surface area contributed by atoms with Crippen LogP contribution < -0.4 is 17.2 Å². The maximum absolute atomic E-state index is 11.7. The minimum absolute atomic E-state index is 0.0512. The molecule has 0 bridgehead atoms. The number of phenolic OH excluding ortho intramolecular Hbond substituents is 2. The van der Waals surface area contributed by atoms with E-state index in [4.69, 9.17) is 22.3 Å². The van der Waals surface area contributed by atoms with Crippen LogP contribution in [0.1, 0.15) is 12.0 Å². The molecule has 0 unspecified atom stereocenters. The number of benzene rings is 1. The summed E-state index contributed by atoms with van der Waals surface area (Å²) < 4.78 is 4.55. The van der Waals surface area contributed by atoms with Gasteiger partial charge in [0.25, 0.3) is 0 Å². The van der Waals surface area contributed by atoms with Crippen molar-refractivity contribution in [1.29, 1.82) is 0 Å². The molecule has 0 aliphatic carbocycles. The van der Waals surface area contributed by atoms with E-state index in [1.54, 1.807) is 0 Å². The van der Waals surface area contributed by atoms with Gasteiger partial charge in [0.15, 0.2) is 0 Å². The number of carbonyl (C=O) groups excluding carboxylic acids is 2. The lowest BCUT2D eigenvalue weighted by atomic mass is 10.1. The smallest absolute Gasteiger partial charge is 0.330 e. The van der Waals surface area contributed by atoms with Gasteiger partial charge < -0.3 is 32.2 Å². The second kappa shape index (κ2) is 7.58. The summed E-state index contributed by atoms with van der Waals surface area (Å²) in [6.45, 7) is 0.192. The minimum atomic E-state index is -1.14. The zero-order valence-electron chi connectivity index (χ0n) is 11.4. The third-order valence-corrected chi connectivity index (χ3v) is 2.79. The molecule has 0 heterocycles. The van der Waals surface area contributed by atoms with Crippen molar-refractivity contribution in [1.82, 2.24) is 0 Å². The Hall–Kier alpha value is -2.16. The third-order valence-electron chi connectivity index (χ3n) is 2.79. The lowest BCUT2D eigenvalue weighted by Crippen LogP contribution is -2.41. The van der Waals surface area contributed by atoms with E-state index < -0.39 is 24.0 Å². The van der Waals surface area contributed by atoms with Crippen LogP contribution in [0.5, 0.6) is 11.5 Å². The molecule has 0 saturated carbocycles. The van der Waals surface area contributed by atoms with Crippen LogP contribution in [-0.4, -0.2) is 40.8 Å². The van der Waals surface area contributed by atoms with E-state index in [0.717, 1.165) is 6.07 Å². The molecule has 1 aromatic rings. The van der Waals surface area contributed by atoms with Crippen LogP contribution >= 0.6 is 0 Å². The molecule has 21 heavy (non-hydrogen) atoms. The van der Waals surface area contributed by atoms with Gasteiger partial charge in [-0.3, -0.25) is 0 Å². The highest BCUT2D eigenvalue weighted by atomic mass is 16.6. The topological polar surface area (TPSA) is 162 Å². The Balaban J connectivity index is 2.60. The molecular formula is C13H19N3O5. The Morgan fingerprint density at radius 2 is 1.76 bits per heavy atom. The number of carbonyl (C=O) groups is 2. The second-order valence-electron chi connectivity index (χ2n) is 4.55. The van der Waals surface area contributed by atoms with Gasteiger partial charge in [-0.1, -0.05) is 6.07 Å². The van der Waals surface area contributed by atoms with Crippen LogP contribution in [-0.2, 0) is 20.7 Å².